The molecule has 0 amide bonds. The molecular weight excluding hydrogens is 272 g/mol. The van der Waals surface area contributed by atoms with E-state index < -0.39 is 9.84 Å². The second-order valence-corrected chi connectivity index (χ2v) is 6.08. The Morgan fingerprint density at radius 2 is 1.92 bits per heavy atom. The molecule has 0 saturated heterocycles. The molecule has 0 heterocycles. The van der Waals surface area contributed by atoms with Crippen LogP contribution in [0.3, 0.4) is 0 Å². The van der Waals surface area contributed by atoms with Crippen LogP contribution in [0.2, 0.25) is 0 Å². The summed E-state index contributed by atoms with van der Waals surface area (Å²) in [5.74, 6) is 0. The van der Waals surface area contributed by atoms with E-state index in [1.54, 1.807) is 19.1 Å². The highest BCUT2D eigenvalue weighted by Crippen LogP contribution is 2.28. The highest BCUT2D eigenvalue weighted by Gasteiger charge is 2.13. The molecule has 0 N–H and O–H groups in total. The zero-order valence-electron chi connectivity index (χ0n) is 7.20. The molecule has 0 saturated carbocycles. The highest BCUT2D eigenvalue weighted by atomic mass is 79.9. The molecule has 0 radical (unpaired) electrons. The first-order valence-electron chi connectivity index (χ1n) is 3.52. The maximum atomic E-state index is 11.3. The molecule has 72 valence electrons. The number of hydrogen-bond acceptors (Lipinski definition) is 3. The van der Waals surface area contributed by atoms with Gasteiger partial charge in [-0.15, -0.1) is 12.6 Å². The minimum absolute atomic E-state index is 0.334. The molecule has 0 aliphatic heterocycles. The van der Waals surface area contributed by atoms with E-state index in [1.165, 1.54) is 6.26 Å². The second-order valence-electron chi connectivity index (χ2n) is 2.79. The lowest BCUT2D eigenvalue weighted by Gasteiger charge is -2.07. The van der Waals surface area contributed by atoms with Crippen molar-refractivity contribution < 1.29 is 8.42 Å². The van der Waals surface area contributed by atoms with E-state index in [0.29, 0.717) is 15.4 Å². The molecule has 0 bridgehead atoms. The third-order valence-corrected chi connectivity index (χ3v) is 4.52. The van der Waals surface area contributed by atoms with Crippen LogP contribution in [0.15, 0.2) is 26.4 Å². The average Bonchev–Trinajstić information content (AvgIpc) is 1.98. The van der Waals surface area contributed by atoms with E-state index in [1.807, 2.05) is 0 Å². The van der Waals surface area contributed by atoms with Gasteiger partial charge in [0.15, 0.2) is 9.84 Å². The Labute approximate surface area is 91.8 Å². The van der Waals surface area contributed by atoms with Gasteiger partial charge in [0.25, 0.3) is 0 Å². The Bertz CT molecular complexity index is 438. The van der Waals surface area contributed by atoms with Crippen LogP contribution in [0, 0.1) is 6.92 Å². The van der Waals surface area contributed by atoms with Crippen LogP contribution in [0.25, 0.3) is 0 Å². The third kappa shape index (κ3) is 2.27. The summed E-state index contributed by atoms with van der Waals surface area (Å²) in [5.41, 5.74) is 0.681. The smallest absolute Gasteiger partial charge is 0.175 e. The molecule has 5 heteroatoms. The van der Waals surface area contributed by atoms with Crippen molar-refractivity contribution in [3.05, 3.63) is 22.2 Å². The van der Waals surface area contributed by atoms with Crippen LogP contribution in [0.4, 0.5) is 0 Å². The minimum atomic E-state index is -3.14. The van der Waals surface area contributed by atoms with Gasteiger partial charge in [0.05, 0.1) is 4.90 Å². The lowest BCUT2D eigenvalue weighted by Crippen LogP contribution is -2.00. The van der Waals surface area contributed by atoms with Crippen LogP contribution in [0.5, 0.6) is 0 Å². The topological polar surface area (TPSA) is 34.1 Å². The van der Waals surface area contributed by atoms with Crippen molar-refractivity contribution in [2.45, 2.75) is 16.7 Å². The molecule has 1 rings (SSSR count). The molecule has 0 aromatic heterocycles. The third-order valence-electron chi connectivity index (χ3n) is 1.73. The summed E-state index contributed by atoms with van der Waals surface area (Å²) in [5, 5.41) is 0. The average molecular weight is 281 g/mol. The van der Waals surface area contributed by atoms with Gasteiger partial charge in [-0.2, -0.15) is 0 Å². The van der Waals surface area contributed by atoms with Crippen molar-refractivity contribution in [1.82, 2.24) is 0 Å². The number of rotatable bonds is 1. The van der Waals surface area contributed by atoms with Crippen molar-refractivity contribution in [3.8, 4) is 0 Å². The van der Waals surface area contributed by atoms with E-state index >= 15 is 0 Å². The zero-order chi connectivity index (χ0) is 10.2. The molecule has 0 aliphatic carbocycles. The molecule has 0 atom stereocenters. The fourth-order valence-electron chi connectivity index (χ4n) is 1.05. The summed E-state index contributed by atoms with van der Waals surface area (Å²) < 4.78 is 23.3. The van der Waals surface area contributed by atoms with E-state index in [2.05, 4.69) is 28.6 Å². The highest BCUT2D eigenvalue weighted by molar-refractivity contribution is 9.10. The Balaban J connectivity index is 3.53. The minimum Gasteiger partial charge on any atom is -0.224 e. The molecule has 13 heavy (non-hydrogen) atoms. The Kier molecular flexibility index (Phi) is 3.09. The van der Waals surface area contributed by atoms with Gasteiger partial charge in [-0.3, -0.25) is 0 Å². The van der Waals surface area contributed by atoms with Gasteiger partial charge >= 0.3 is 0 Å². The van der Waals surface area contributed by atoms with E-state index in [0.717, 1.165) is 4.47 Å². The van der Waals surface area contributed by atoms with Crippen LogP contribution in [-0.2, 0) is 9.84 Å². The summed E-state index contributed by atoms with van der Waals surface area (Å²) in [7, 11) is -3.14. The number of halogens is 1. The first-order valence-corrected chi connectivity index (χ1v) is 6.65. The Morgan fingerprint density at radius 1 is 1.38 bits per heavy atom. The monoisotopic (exact) mass is 280 g/mol. The molecule has 1 aromatic carbocycles. The normalized spacial score (nSPS) is 11.7. The maximum absolute atomic E-state index is 11.3. The second kappa shape index (κ2) is 3.63. The largest absolute Gasteiger partial charge is 0.224 e. The fourth-order valence-corrected chi connectivity index (χ4v) is 2.72. The molecular formula is C8H9BrO2S2. The summed E-state index contributed by atoms with van der Waals surface area (Å²) in [6.07, 6.45) is 1.19. The van der Waals surface area contributed by atoms with Crippen molar-refractivity contribution in [3.63, 3.8) is 0 Å². The standard InChI is InChI=1S/C8H9BrO2S2/c1-5-7(13(2,10)11)4-3-6(9)8(5)12/h3-4,12H,1-2H3. The number of benzene rings is 1. The first kappa shape index (κ1) is 11.1. The number of thiol groups is 1. The summed E-state index contributed by atoms with van der Waals surface area (Å²) in [4.78, 5) is 1.00. The maximum Gasteiger partial charge on any atom is 0.175 e. The van der Waals surface area contributed by atoms with Crippen LogP contribution < -0.4 is 0 Å². The molecule has 1 aromatic rings. The molecule has 0 spiro atoms. The van der Waals surface area contributed by atoms with Gasteiger partial charge in [0.2, 0.25) is 0 Å². The van der Waals surface area contributed by atoms with Crippen LogP contribution in [-0.4, -0.2) is 14.7 Å². The van der Waals surface area contributed by atoms with Gasteiger partial charge in [0, 0.05) is 15.6 Å². The molecule has 2 nitrogen and oxygen atoms in total. The van der Waals surface area contributed by atoms with Gasteiger partial charge in [-0.1, -0.05) is 0 Å². The van der Waals surface area contributed by atoms with E-state index in [4.69, 9.17) is 0 Å². The SMILES string of the molecule is Cc1c(S(C)(=O)=O)ccc(Br)c1S. The number of sulfone groups is 1. The van der Waals surface area contributed by atoms with Gasteiger partial charge in [0.1, 0.15) is 0 Å². The van der Waals surface area contributed by atoms with Crippen molar-refractivity contribution in [1.29, 1.82) is 0 Å². The van der Waals surface area contributed by atoms with E-state index in [9.17, 15) is 8.42 Å². The van der Waals surface area contributed by atoms with Gasteiger partial charge < -0.3 is 0 Å². The molecule has 0 aliphatic rings. The molecule has 0 unspecified atom stereocenters. The first-order chi connectivity index (χ1) is 5.84. The summed E-state index contributed by atoms with van der Waals surface area (Å²) >= 11 is 7.48. The van der Waals surface area contributed by atoms with Crippen molar-refractivity contribution in [2.75, 3.05) is 6.26 Å². The van der Waals surface area contributed by atoms with Crippen molar-refractivity contribution >= 4 is 38.4 Å². The Hall–Kier alpha value is -0.000000000000000111. The number of hydrogen-bond donors (Lipinski definition) is 1. The van der Waals surface area contributed by atoms with Gasteiger partial charge in [-0.25, -0.2) is 8.42 Å². The lowest BCUT2D eigenvalue weighted by atomic mass is 10.2. The zero-order valence-corrected chi connectivity index (χ0v) is 10.5. The van der Waals surface area contributed by atoms with Gasteiger partial charge in [-0.05, 0) is 40.5 Å². The fraction of sp³-hybridized carbons (Fsp3) is 0.250. The van der Waals surface area contributed by atoms with E-state index in [-0.39, 0.29) is 0 Å². The quantitative estimate of drug-likeness (QED) is 0.802. The summed E-state index contributed by atoms with van der Waals surface area (Å²) in [6, 6.07) is 3.26. The van der Waals surface area contributed by atoms with Crippen LogP contribution in [0.1, 0.15) is 5.56 Å². The summed E-state index contributed by atoms with van der Waals surface area (Å²) in [6.45, 7) is 1.74. The lowest BCUT2D eigenvalue weighted by molar-refractivity contribution is 0.601. The Morgan fingerprint density at radius 3 is 2.38 bits per heavy atom. The van der Waals surface area contributed by atoms with Crippen molar-refractivity contribution in [2.24, 2.45) is 0 Å². The van der Waals surface area contributed by atoms with Crippen LogP contribution >= 0.6 is 28.6 Å². The predicted molar refractivity (Wildman–Crippen MR) is 59.2 cm³/mol. The predicted octanol–water partition coefficient (Wildman–Crippen LogP) is 2.45. The molecule has 0 fully saturated rings.